The molecule has 0 saturated carbocycles. The van der Waals surface area contributed by atoms with E-state index >= 15 is 0 Å². The van der Waals surface area contributed by atoms with Gasteiger partial charge < -0.3 is 9.64 Å². The van der Waals surface area contributed by atoms with Crippen molar-refractivity contribution < 1.29 is 4.74 Å². The highest BCUT2D eigenvalue weighted by Gasteiger charge is 2.36. The zero-order valence-corrected chi connectivity index (χ0v) is 13.1. The number of anilines is 1. The van der Waals surface area contributed by atoms with E-state index in [-0.39, 0.29) is 12.1 Å². The predicted octanol–water partition coefficient (Wildman–Crippen LogP) is 2.60. The number of nitrogens with one attached hydrogen (secondary N) is 1. The molecule has 1 aliphatic heterocycles. The van der Waals surface area contributed by atoms with E-state index < -0.39 is 0 Å². The summed E-state index contributed by atoms with van der Waals surface area (Å²) in [7, 11) is 1.71. The summed E-state index contributed by atoms with van der Waals surface area (Å²) in [6.07, 6.45) is 0.920. The van der Waals surface area contributed by atoms with Crippen molar-refractivity contribution in [2.45, 2.75) is 25.5 Å². The highest BCUT2D eigenvalue weighted by molar-refractivity contribution is 6.32. The van der Waals surface area contributed by atoms with Crippen LogP contribution in [0.2, 0.25) is 5.02 Å². The van der Waals surface area contributed by atoms with Crippen molar-refractivity contribution in [3.05, 3.63) is 40.4 Å². The smallest absolute Gasteiger partial charge is 0.173 e. The maximum atomic E-state index is 9.00. The first-order valence-electron chi connectivity index (χ1n) is 7.00. The third-order valence-corrected chi connectivity index (χ3v) is 4.23. The maximum Gasteiger partial charge on any atom is 0.173 e. The van der Waals surface area contributed by atoms with Gasteiger partial charge in [0.15, 0.2) is 5.82 Å². The number of hydrogen-bond donors (Lipinski definition) is 1. The fourth-order valence-corrected chi connectivity index (χ4v) is 3.00. The predicted molar refractivity (Wildman–Crippen MR) is 82.8 cm³/mol. The second-order valence-corrected chi connectivity index (χ2v) is 5.72. The first-order chi connectivity index (χ1) is 10.6. The molecule has 22 heavy (non-hydrogen) atoms. The Morgan fingerprint density at radius 3 is 2.91 bits per heavy atom. The van der Waals surface area contributed by atoms with Crippen molar-refractivity contribution in [3.63, 3.8) is 0 Å². The lowest BCUT2D eigenvalue weighted by atomic mass is 10.1. The molecule has 1 aliphatic rings. The third kappa shape index (κ3) is 2.65. The number of aromatic amines is 1. The lowest BCUT2D eigenvalue weighted by Crippen LogP contribution is -2.25. The van der Waals surface area contributed by atoms with Gasteiger partial charge in [0.2, 0.25) is 0 Å². The average Bonchev–Trinajstić information content (AvgIpc) is 3.13. The summed E-state index contributed by atoms with van der Waals surface area (Å²) >= 11 is 6.16. The third-order valence-electron chi connectivity index (χ3n) is 3.91. The summed E-state index contributed by atoms with van der Waals surface area (Å²) in [6, 6.07) is 7.54. The Hall–Kier alpha value is -2.10. The van der Waals surface area contributed by atoms with E-state index in [0.29, 0.717) is 10.6 Å². The molecule has 3 rings (SSSR count). The van der Waals surface area contributed by atoms with Gasteiger partial charge in [-0.1, -0.05) is 11.6 Å². The summed E-state index contributed by atoms with van der Waals surface area (Å²) in [5, 5.41) is 16.6. The number of rotatable bonds is 3. The molecule has 0 amide bonds. The largest absolute Gasteiger partial charge is 0.380 e. The van der Waals surface area contributed by atoms with Crippen LogP contribution in [0.4, 0.5) is 5.69 Å². The Kier molecular flexibility index (Phi) is 4.01. The normalized spacial score (nSPS) is 21.1. The molecule has 0 spiro atoms. The van der Waals surface area contributed by atoms with E-state index in [2.05, 4.69) is 26.2 Å². The second kappa shape index (κ2) is 5.95. The zero-order valence-electron chi connectivity index (χ0n) is 12.4. The van der Waals surface area contributed by atoms with Crippen LogP contribution in [0, 0.1) is 18.3 Å². The van der Waals surface area contributed by atoms with Crippen molar-refractivity contribution in [2.24, 2.45) is 0 Å². The van der Waals surface area contributed by atoms with Crippen molar-refractivity contribution >= 4 is 17.3 Å². The lowest BCUT2D eigenvalue weighted by Gasteiger charge is -2.24. The van der Waals surface area contributed by atoms with Crippen LogP contribution in [0.1, 0.15) is 29.7 Å². The molecule has 2 heterocycles. The topological polar surface area (TPSA) is 77.8 Å². The van der Waals surface area contributed by atoms with E-state index in [1.807, 2.05) is 19.1 Å². The number of aromatic nitrogens is 3. The highest BCUT2D eigenvalue weighted by atomic mass is 35.5. The molecule has 2 atom stereocenters. The summed E-state index contributed by atoms with van der Waals surface area (Å²) in [4.78, 5) is 6.61. The minimum absolute atomic E-state index is 0.0268. The Morgan fingerprint density at radius 2 is 2.32 bits per heavy atom. The first-order valence-corrected chi connectivity index (χ1v) is 7.38. The Labute approximate surface area is 133 Å². The van der Waals surface area contributed by atoms with Crippen LogP contribution in [0.3, 0.4) is 0 Å². The van der Waals surface area contributed by atoms with Crippen molar-refractivity contribution in [2.75, 3.05) is 18.6 Å². The van der Waals surface area contributed by atoms with E-state index in [1.54, 1.807) is 13.2 Å². The zero-order chi connectivity index (χ0) is 15.7. The van der Waals surface area contributed by atoms with Crippen LogP contribution in [0.5, 0.6) is 0 Å². The first kappa shape index (κ1) is 14.8. The Bertz CT molecular complexity index is 723. The van der Waals surface area contributed by atoms with Gasteiger partial charge >= 0.3 is 0 Å². The molecule has 1 saturated heterocycles. The molecular formula is C15H16ClN5O. The quantitative estimate of drug-likeness (QED) is 0.941. The molecule has 2 aromatic rings. The molecule has 7 heteroatoms. The maximum absolute atomic E-state index is 9.00. The molecule has 0 radical (unpaired) electrons. The summed E-state index contributed by atoms with van der Waals surface area (Å²) in [6.45, 7) is 2.61. The number of benzene rings is 1. The monoisotopic (exact) mass is 317 g/mol. The minimum Gasteiger partial charge on any atom is -0.380 e. The molecule has 1 aromatic carbocycles. The van der Waals surface area contributed by atoms with Crippen LogP contribution < -0.4 is 4.90 Å². The number of nitrogens with zero attached hydrogens (tertiary/aromatic N) is 4. The molecule has 6 nitrogen and oxygen atoms in total. The minimum atomic E-state index is 0.0268. The number of nitriles is 1. The van der Waals surface area contributed by atoms with E-state index in [1.165, 1.54) is 0 Å². The van der Waals surface area contributed by atoms with Crippen molar-refractivity contribution in [1.82, 2.24) is 15.2 Å². The fourth-order valence-electron chi connectivity index (χ4n) is 2.78. The molecule has 114 valence electrons. The van der Waals surface area contributed by atoms with Crippen molar-refractivity contribution in [3.8, 4) is 6.07 Å². The lowest BCUT2D eigenvalue weighted by molar-refractivity contribution is 0.118. The number of methoxy groups -OCH3 is 1. The van der Waals surface area contributed by atoms with Gasteiger partial charge in [0.25, 0.3) is 0 Å². The van der Waals surface area contributed by atoms with Crippen LogP contribution in [0.15, 0.2) is 18.2 Å². The van der Waals surface area contributed by atoms with E-state index in [0.717, 1.165) is 30.3 Å². The van der Waals surface area contributed by atoms with Crippen LogP contribution in [-0.2, 0) is 4.74 Å². The molecule has 0 aliphatic carbocycles. The fraction of sp³-hybridized carbons (Fsp3) is 0.400. The molecule has 1 aromatic heterocycles. The number of hydrogen-bond acceptors (Lipinski definition) is 5. The Balaban J connectivity index is 1.95. The van der Waals surface area contributed by atoms with Gasteiger partial charge in [-0.3, -0.25) is 5.10 Å². The van der Waals surface area contributed by atoms with Gasteiger partial charge in [0, 0.05) is 25.8 Å². The second-order valence-electron chi connectivity index (χ2n) is 5.32. The summed E-state index contributed by atoms with van der Waals surface area (Å²) in [5.41, 5.74) is 1.41. The number of ether oxygens (including phenoxy) is 1. The van der Waals surface area contributed by atoms with Gasteiger partial charge in [-0.2, -0.15) is 10.4 Å². The Morgan fingerprint density at radius 1 is 1.50 bits per heavy atom. The number of halogens is 1. The van der Waals surface area contributed by atoms with Crippen LogP contribution >= 0.6 is 11.6 Å². The standard InChI is InChI=1S/C15H16ClN5O/c1-9-18-15(20-19-9)14-6-12(22-2)8-21(14)11-4-3-10(7-17)13(16)5-11/h3-5,12,14H,6,8H2,1-2H3,(H,18,19,20)/t12-,14+/m1/s1. The summed E-state index contributed by atoms with van der Waals surface area (Å²) in [5.74, 6) is 1.53. The average molecular weight is 318 g/mol. The van der Waals surface area contributed by atoms with Gasteiger partial charge in [-0.15, -0.1) is 0 Å². The SMILES string of the molecule is CO[C@@H]1C[C@@H](c2n[nH]c(C)n2)N(c2ccc(C#N)c(Cl)c2)C1. The van der Waals surface area contributed by atoms with E-state index in [9.17, 15) is 0 Å². The molecule has 1 N–H and O–H groups in total. The van der Waals surface area contributed by atoms with Gasteiger partial charge in [-0.05, 0) is 25.1 Å². The van der Waals surface area contributed by atoms with E-state index in [4.69, 9.17) is 21.6 Å². The molecule has 0 bridgehead atoms. The number of aryl methyl sites for hydroxylation is 1. The van der Waals surface area contributed by atoms with Crippen molar-refractivity contribution in [1.29, 1.82) is 5.26 Å². The van der Waals surface area contributed by atoms with Crippen LogP contribution in [0.25, 0.3) is 0 Å². The number of H-pyrrole nitrogens is 1. The highest BCUT2D eigenvalue weighted by Crippen LogP contribution is 2.37. The molecule has 0 unspecified atom stereocenters. The van der Waals surface area contributed by atoms with Gasteiger partial charge in [0.05, 0.1) is 22.7 Å². The summed E-state index contributed by atoms with van der Waals surface area (Å²) < 4.78 is 5.50. The molecule has 1 fully saturated rings. The van der Waals surface area contributed by atoms with Gasteiger partial charge in [-0.25, -0.2) is 4.98 Å². The van der Waals surface area contributed by atoms with Gasteiger partial charge in [0.1, 0.15) is 11.9 Å². The molecular weight excluding hydrogens is 302 g/mol. The van der Waals surface area contributed by atoms with Crippen LogP contribution in [-0.4, -0.2) is 34.9 Å².